The van der Waals surface area contributed by atoms with Gasteiger partial charge in [0.2, 0.25) is 0 Å². The molecule has 2 rings (SSSR count). The molecule has 16 heavy (non-hydrogen) atoms. The molecule has 0 aromatic heterocycles. The Labute approximate surface area is 100 Å². The van der Waals surface area contributed by atoms with Gasteiger partial charge in [-0.25, -0.2) is 0 Å². The Kier molecular flexibility index (Phi) is 3.73. The lowest BCUT2D eigenvalue weighted by Crippen LogP contribution is -2.23. The summed E-state index contributed by atoms with van der Waals surface area (Å²) in [6, 6.07) is 0. The third kappa shape index (κ3) is 2.69. The maximum atomic E-state index is 4.06. The molecule has 0 radical (unpaired) electrons. The van der Waals surface area contributed by atoms with Gasteiger partial charge in [0.15, 0.2) is 0 Å². The van der Waals surface area contributed by atoms with Crippen LogP contribution in [0, 0.1) is 17.8 Å². The summed E-state index contributed by atoms with van der Waals surface area (Å²) in [5, 5.41) is 3.31. The third-order valence-electron chi connectivity index (χ3n) is 4.35. The quantitative estimate of drug-likeness (QED) is 0.696. The first-order valence-corrected chi connectivity index (χ1v) is 6.80. The number of allylic oxidation sites excluding steroid dienone is 2. The number of nitrogens with one attached hydrogen (secondary N) is 1. The van der Waals surface area contributed by atoms with E-state index in [4.69, 9.17) is 0 Å². The summed E-state index contributed by atoms with van der Waals surface area (Å²) in [6.07, 6.45) is 10.3. The van der Waals surface area contributed by atoms with Gasteiger partial charge in [0, 0.05) is 11.9 Å². The van der Waals surface area contributed by atoms with Crippen LogP contribution in [0.25, 0.3) is 0 Å². The summed E-state index contributed by atoms with van der Waals surface area (Å²) in [4.78, 5) is 0. The van der Waals surface area contributed by atoms with Crippen molar-refractivity contribution in [2.24, 2.45) is 17.8 Å². The molecular weight excluding hydrogens is 194 g/mol. The lowest BCUT2D eigenvalue weighted by Gasteiger charge is -2.32. The van der Waals surface area contributed by atoms with E-state index in [9.17, 15) is 0 Å². The van der Waals surface area contributed by atoms with Crippen LogP contribution in [-0.4, -0.2) is 0 Å². The van der Waals surface area contributed by atoms with E-state index in [0.29, 0.717) is 0 Å². The Morgan fingerprint density at radius 2 is 2.12 bits per heavy atom. The molecular formula is C15H25N. The van der Waals surface area contributed by atoms with Gasteiger partial charge in [-0.15, -0.1) is 0 Å². The van der Waals surface area contributed by atoms with E-state index in [0.717, 1.165) is 24.2 Å². The Hall–Kier alpha value is -0.720. The van der Waals surface area contributed by atoms with Gasteiger partial charge in [-0.05, 0) is 56.3 Å². The topological polar surface area (TPSA) is 12.0 Å². The normalized spacial score (nSPS) is 31.2. The smallest absolute Gasteiger partial charge is 0.00793 e. The molecule has 1 fully saturated rings. The first-order chi connectivity index (χ1) is 7.66. The van der Waals surface area contributed by atoms with Crippen molar-refractivity contribution in [3.63, 3.8) is 0 Å². The molecule has 1 aliphatic carbocycles. The first kappa shape index (κ1) is 11.8. The maximum Gasteiger partial charge on any atom is 0.00793 e. The van der Waals surface area contributed by atoms with E-state index in [1.165, 1.54) is 37.8 Å². The van der Waals surface area contributed by atoms with Crippen molar-refractivity contribution in [3.05, 3.63) is 24.0 Å². The van der Waals surface area contributed by atoms with Crippen molar-refractivity contribution < 1.29 is 0 Å². The van der Waals surface area contributed by atoms with Gasteiger partial charge in [-0.2, -0.15) is 0 Å². The average Bonchev–Trinajstić information content (AvgIpc) is 2.20. The lowest BCUT2D eigenvalue weighted by atomic mass is 9.76. The lowest BCUT2D eigenvalue weighted by molar-refractivity contribution is 0.284. The van der Waals surface area contributed by atoms with Crippen molar-refractivity contribution in [2.75, 3.05) is 0 Å². The minimum atomic E-state index is 0.787. The molecule has 2 atom stereocenters. The van der Waals surface area contributed by atoms with E-state index in [1.807, 2.05) is 0 Å². The maximum absolute atomic E-state index is 4.06. The predicted octanol–water partition coefficient (Wildman–Crippen LogP) is 4.23. The summed E-state index contributed by atoms with van der Waals surface area (Å²) in [5.74, 6) is 2.59. The largest absolute Gasteiger partial charge is 0.366 e. The Balaban J connectivity index is 2.01. The van der Waals surface area contributed by atoms with Crippen LogP contribution >= 0.6 is 0 Å². The molecule has 0 spiro atoms. The zero-order chi connectivity index (χ0) is 11.5. The summed E-state index contributed by atoms with van der Waals surface area (Å²) in [6.45, 7) is 8.82. The van der Waals surface area contributed by atoms with Gasteiger partial charge >= 0.3 is 0 Å². The molecule has 0 aromatic carbocycles. The fourth-order valence-electron chi connectivity index (χ4n) is 3.16. The van der Waals surface area contributed by atoms with Gasteiger partial charge in [0.25, 0.3) is 0 Å². The molecule has 1 heterocycles. The summed E-state index contributed by atoms with van der Waals surface area (Å²) >= 11 is 0. The average molecular weight is 219 g/mol. The van der Waals surface area contributed by atoms with Crippen molar-refractivity contribution >= 4 is 0 Å². The molecule has 1 heteroatoms. The summed E-state index contributed by atoms with van der Waals surface area (Å²) in [5.41, 5.74) is 2.85. The molecule has 0 bridgehead atoms. The molecule has 1 aliphatic heterocycles. The number of fused-ring (bicyclic) bond motifs is 1. The third-order valence-corrected chi connectivity index (χ3v) is 4.35. The van der Waals surface area contributed by atoms with Crippen LogP contribution in [-0.2, 0) is 0 Å². The second-order valence-corrected chi connectivity index (χ2v) is 5.84. The Morgan fingerprint density at radius 3 is 2.88 bits per heavy atom. The molecule has 0 aromatic rings. The van der Waals surface area contributed by atoms with Crippen LogP contribution in [0.1, 0.15) is 52.4 Å². The van der Waals surface area contributed by atoms with Crippen molar-refractivity contribution in [3.8, 4) is 0 Å². The van der Waals surface area contributed by atoms with Crippen LogP contribution in [0.3, 0.4) is 0 Å². The molecule has 0 saturated heterocycles. The number of rotatable bonds is 1. The van der Waals surface area contributed by atoms with Crippen LogP contribution in [0.2, 0.25) is 0 Å². The molecule has 2 aliphatic rings. The van der Waals surface area contributed by atoms with Crippen molar-refractivity contribution in [1.29, 1.82) is 0 Å². The first-order valence-electron chi connectivity index (χ1n) is 6.80. The zero-order valence-corrected chi connectivity index (χ0v) is 10.8. The van der Waals surface area contributed by atoms with E-state index in [1.54, 1.807) is 5.57 Å². The highest BCUT2D eigenvalue weighted by molar-refractivity contribution is 5.18. The molecule has 1 nitrogen and oxygen atoms in total. The van der Waals surface area contributed by atoms with Crippen LogP contribution in [0.15, 0.2) is 24.0 Å². The zero-order valence-electron chi connectivity index (χ0n) is 10.8. The van der Waals surface area contributed by atoms with E-state index >= 15 is 0 Å². The van der Waals surface area contributed by atoms with Crippen LogP contribution in [0.5, 0.6) is 0 Å². The molecule has 0 amide bonds. The number of hydrogen-bond donors (Lipinski definition) is 1. The van der Waals surface area contributed by atoms with Gasteiger partial charge < -0.3 is 5.32 Å². The second-order valence-electron chi connectivity index (χ2n) is 5.84. The second kappa shape index (κ2) is 5.07. The van der Waals surface area contributed by atoms with Crippen molar-refractivity contribution in [1.82, 2.24) is 5.32 Å². The van der Waals surface area contributed by atoms with Crippen molar-refractivity contribution in [2.45, 2.75) is 52.4 Å². The van der Waals surface area contributed by atoms with Gasteiger partial charge in [0.1, 0.15) is 0 Å². The van der Waals surface area contributed by atoms with Gasteiger partial charge in [0.05, 0.1) is 0 Å². The molecule has 90 valence electrons. The van der Waals surface area contributed by atoms with Crippen LogP contribution in [0.4, 0.5) is 0 Å². The highest BCUT2D eigenvalue weighted by Gasteiger charge is 2.24. The minimum absolute atomic E-state index is 0.787. The summed E-state index contributed by atoms with van der Waals surface area (Å²) < 4.78 is 0. The summed E-state index contributed by atoms with van der Waals surface area (Å²) in [7, 11) is 0. The molecule has 1 saturated carbocycles. The fourth-order valence-corrected chi connectivity index (χ4v) is 3.16. The molecule has 1 N–H and O–H groups in total. The van der Waals surface area contributed by atoms with E-state index in [2.05, 4.69) is 31.9 Å². The van der Waals surface area contributed by atoms with Gasteiger partial charge in [-0.3, -0.25) is 0 Å². The Morgan fingerprint density at radius 1 is 1.31 bits per heavy atom. The highest BCUT2D eigenvalue weighted by Crippen LogP contribution is 2.36. The monoisotopic (exact) mass is 219 g/mol. The predicted molar refractivity (Wildman–Crippen MR) is 69.9 cm³/mol. The van der Waals surface area contributed by atoms with E-state index < -0.39 is 0 Å². The number of hydrogen-bond acceptors (Lipinski definition) is 1. The Bertz CT molecular complexity index is 288. The van der Waals surface area contributed by atoms with Crippen LogP contribution < -0.4 is 5.32 Å². The minimum Gasteiger partial charge on any atom is -0.366 e. The highest BCUT2D eigenvalue weighted by atomic mass is 14.9. The molecule has 2 unspecified atom stereocenters. The standard InChI is InChI=1S/C15H25N/c1-11(2)13-5-4-6-15-10-16-12(3)9-14(15)8-7-13/h10-11,13-14,16H,3-9H2,1-2H3. The SMILES string of the molecule is C=C1CC2CCC(C(C)C)CCCC2=CN1. The van der Waals surface area contributed by atoms with Gasteiger partial charge in [-0.1, -0.05) is 26.0 Å². The van der Waals surface area contributed by atoms with E-state index in [-0.39, 0.29) is 0 Å². The fraction of sp³-hybridized carbons (Fsp3) is 0.733.